The fourth-order valence-corrected chi connectivity index (χ4v) is 5.74. The molecule has 0 radical (unpaired) electrons. The highest BCUT2D eigenvalue weighted by Crippen LogP contribution is 2.34. The summed E-state index contributed by atoms with van der Waals surface area (Å²) < 4.78 is 27.9. The lowest BCUT2D eigenvalue weighted by Gasteiger charge is -2.28. The molecule has 0 spiro atoms. The predicted octanol–water partition coefficient (Wildman–Crippen LogP) is 6.62. The van der Waals surface area contributed by atoms with Gasteiger partial charge < -0.3 is 33.9 Å². The second-order valence-electron chi connectivity index (χ2n) is 14.0. The average Bonchev–Trinajstić information content (AvgIpc) is 3.26. The lowest BCUT2D eigenvalue weighted by molar-refractivity contribution is 0.0283. The number of alkyl carbamates (subject to hydrolysis) is 1. The molecule has 2 rings (SSSR count). The Morgan fingerprint density at radius 1 is 1.05 bits per heavy atom. The van der Waals surface area contributed by atoms with Crippen LogP contribution < -0.4 is 14.8 Å². The number of rotatable bonds is 15. The van der Waals surface area contributed by atoms with Crippen molar-refractivity contribution in [3.05, 3.63) is 23.8 Å². The second kappa shape index (κ2) is 16.4. The van der Waals surface area contributed by atoms with E-state index in [2.05, 4.69) is 50.9 Å². The summed E-state index contributed by atoms with van der Waals surface area (Å²) in [6.45, 7) is 19.3. The van der Waals surface area contributed by atoms with Crippen LogP contribution >= 0.6 is 0 Å². The van der Waals surface area contributed by atoms with E-state index >= 15 is 0 Å². The molecule has 1 heterocycles. The summed E-state index contributed by atoms with van der Waals surface area (Å²) in [5, 5.41) is 3.09. The van der Waals surface area contributed by atoms with Crippen LogP contribution in [0.2, 0.25) is 25.7 Å². The summed E-state index contributed by atoms with van der Waals surface area (Å²) in [5.74, 6) is 2.20. The number of likely N-dealkylation sites (tertiary alicyclic amines) is 1. The van der Waals surface area contributed by atoms with Gasteiger partial charge >= 0.3 is 12.2 Å². The molecule has 1 N–H and O–H groups in total. The van der Waals surface area contributed by atoms with E-state index in [4.69, 9.17) is 23.7 Å². The summed E-state index contributed by atoms with van der Waals surface area (Å²) in [6, 6.07) is 6.80. The van der Waals surface area contributed by atoms with Gasteiger partial charge in [-0.3, -0.25) is 0 Å². The monoisotopic (exact) mass is 608 g/mol. The van der Waals surface area contributed by atoms with E-state index in [1.807, 2.05) is 26.8 Å². The van der Waals surface area contributed by atoms with Crippen LogP contribution in [0.4, 0.5) is 9.59 Å². The fraction of sp³-hybridized carbons (Fsp3) is 0.750. The van der Waals surface area contributed by atoms with E-state index in [-0.39, 0.29) is 18.1 Å². The summed E-state index contributed by atoms with van der Waals surface area (Å²) >= 11 is 0. The molecule has 10 heteroatoms. The van der Waals surface area contributed by atoms with Gasteiger partial charge in [-0.15, -0.1) is 0 Å². The minimum Gasteiger partial charge on any atom is -0.493 e. The third-order valence-electron chi connectivity index (χ3n) is 7.51. The van der Waals surface area contributed by atoms with Gasteiger partial charge in [0.1, 0.15) is 5.60 Å². The number of hydrogen-bond donors (Lipinski definition) is 1. The zero-order valence-electron chi connectivity index (χ0n) is 27.7. The minimum absolute atomic E-state index is 0.0671. The number of nitrogens with zero attached hydrogens (tertiary/aromatic N) is 1. The Hall–Kier alpha value is -2.46. The first kappa shape index (κ1) is 35.7. The largest absolute Gasteiger partial charge is 0.493 e. The lowest BCUT2D eigenvalue weighted by Crippen LogP contribution is -2.42. The van der Waals surface area contributed by atoms with E-state index in [1.54, 1.807) is 19.1 Å². The standard InChI is InChI=1S/C32H56N2O7Si/c1-23(2)25(18-24-12-13-28(38-7)29(19-24)39-15-11-14-37-6)20-26-21-34(31(36)41-32(3,4)5)22-27(26)33-30(35)40-16-17-42(8,9)10/h12-13,19,23,25-27H,11,14-18,20-22H2,1-10H3,(H,33,35)/t25-,26?,27?/m0/s1. The van der Waals surface area contributed by atoms with E-state index in [0.717, 1.165) is 36.6 Å². The van der Waals surface area contributed by atoms with Crippen molar-refractivity contribution >= 4 is 20.3 Å². The normalized spacial score (nSPS) is 18.1. The molecule has 3 atom stereocenters. The molecule has 0 bridgehead atoms. The molecule has 1 fully saturated rings. The highest BCUT2D eigenvalue weighted by molar-refractivity contribution is 6.76. The summed E-state index contributed by atoms with van der Waals surface area (Å²) in [4.78, 5) is 27.5. The average molecular weight is 609 g/mol. The molecule has 1 aromatic carbocycles. The SMILES string of the molecule is COCCCOc1cc(C[C@@H](CC2CN(C(=O)OC(C)(C)C)CC2NC(=O)OCC[Si](C)(C)C)C(C)C)ccc1OC. The molecule has 1 aliphatic rings. The van der Waals surface area contributed by atoms with E-state index < -0.39 is 19.8 Å². The lowest BCUT2D eigenvalue weighted by atomic mass is 9.80. The van der Waals surface area contributed by atoms with Crippen LogP contribution in [0.5, 0.6) is 11.5 Å². The summed E-state index contributed by atoms with van der Waals surface area (Å²) in [7, 11) is 2.01. The first-order valence-corrected chi connectivity index (χ1v) is 19.0. The maximum absolute atomic E-state index is 13.0. The molecule has 2 unspecified atom stereocenters. The first-order valence-electron chi connectivity index (χ1n) is 15.3. The van der Waals surface area contributed by atoms with Crippen molar-refractivity contribution in [2.45, 2.75) is 91.2 Å². The molecule has 1 aliphatic heterocycles. The molecule has 0 saturated carbocycles. The number of ether oxygens (including phenoxy) is 5. The zero-order valence-corrected chi connectivity index (χ0v) is 28.7. The molecular formula is C32H56N2O7Si. The summed E-state index contributed by atoms with van der Waals surface area (Å²) in [5.41, 5.74) is 0.569. The van der Waals surface area contributed by atoms with Crippen molar-refractivity contribution in [1.29, 1.82) is 0 Å². The fourth-order valence-electron chi connectivity index (χ4n) is 5.02. The van der Waals surface area contributed by atoms with Crippen LogP contribution in [-0.4, -0.2) is 83.9 Å². The first-order chi connectivity index (χ1) is 19.6. The van der Waals surface area contributed by atoms with E-state index in [9.17, 15) is 9.59 Å². The molecule has 9 nitrogen and oxygen atoms in total. The van der Waals surface area contributed by atoms with Crippen molar-refractivity contribution in [2.24, 2.45) is 17.8 Å². The third kappa shape index (κ3) is 12.8. The van der Waals surface area contributed by atoms with Gasteiger partial charge in [-0.1, -0.05) is 39.6 Å². The molecule has 0 aliphatic carbocycles. The van der Waals surface area contributed by atoms with Crippen molar-refractivity contribution in [3.63, 3.8) is 0 Å². The maximum Gasteiger partial charge on any atom is 0.410 e. The van der Waals surface area contributed by atoms with Crippen LogP contribution in [-0.2, 0) is 20.6 Å². The van der Waals surface area contributed by atoms with Gasteiger partial charge in [-0.2, -0.15) is 0 Å². The van der Waals surface area contributed by atoms with Crippen LogP contribution in [0.3, 0.4) is 0 Å². The summed E-state index contributed by atoms with van der Waals surface area (Å²) in [6.07, 6.45) is 1.71. The number of methoxy groups -OCH3 is 2. The number of hydrogen-bond acceptors (Lipinski definition) is 7. The molecule has 0 aromatic heterocycles. The Bertz CT molecular complexity index is 990. The topological polar surface area (TPSA) is 95.6 Å². The van der Waals surface area contributed by atoms with Crippen LogP contribution in [0.1, 0.15) is 53.0 Å². The molecule has 42 heavy (non-hydrogen) atoms. The number of amides is 2. The van der Waals surface area contributed by atoms with Crippen LogP contribution in [0, 0.1) is 17.8 Å². The van der Waals surface area contributed by atoms with Gasteiger partial charge in [0, 0.05) is 41.3 Å². The van der Waals surface area contributed by atoms with Crippen molar-refractivity contribution in [3.8, 4) is 11.5 Å². The number of benzene rings is 1. The molecule has 240 valence electrons. The number of carbonyl (C=O) groups excluding carboxylic acids is 2. The van der Waals surface area contributed by atoms with Crippen LogP contribution in [0.25, 0.3) is 0 Å². The Morgan fingerprint density at radius 3 is 2.36 bits per heavy atom. The van der Waals surface area contributed by atoms with Crippen molar-refractivity contribution < 1.29 is 33.3 Å². The van der Waals surface area contributed by atoms with Gasteiger partial charge in [0.2, 0.25) is 0 Å². The second-order valence-corrected chi connectivity index (χ2v) is 19.6. The van der Waals surface area contributed by atoms with Crippen LogP contribution in [0.15, 0.2) is 18.2 Å². The molecule has 2 amide bonds. The maximum atomic E-state index is 13.0. The number of carbonyl (C=O) groups is 2. The van der Waals surface area contributed by atoms with Gasteiger partial charge in [0.25, 0.3) is 0 Å². The van der Waals surface area contributed by atoms with Gasteiger partial charge in [0.05, 0.1) is 26.4 Å². The van der Waals surface area contributed by atoms with Gasteiger partial charge in [0.15, 0.2) is 11.5 Å². The highest BCUT2D eigenvalue weighted by Gasteiger charge is 2.39. The van der Waals surface area contributed by atoms with Crippen molar-refractivity contribution in [1.82, 2.24) is 10.2 Å². The number of nitrogens with one attached hydrogen (secondary N) is 1. The molecule has 1 aromatic rings. The third-order valence-corrected chi connectivity index (χ3v) is 9.21. The molecule has 1 saturated heterocycles. The molecular weight excluding hydrogens is 552 g/mol. The Balaban J connectivity index is 2.17. The smallest absolute Gasteiger partial charge is 0.410 e. The van der Waals surface area contributed by atoms with E-state index in [1.165, 1.54) is 0 Å². The Kier molecular flexibility index (Phi) is 14.0. The minimum atomic E-state index is -1.32. The predicted molar refractivity (Wildman–Crippen MR) is 169 cm³/mol. The Morgan fingerprint density at radius 2 is 1.76 bits per heavy atom. The van der Waals surface area contributed by atoms with Gasteiger partial charge in [-0.25, -0.2) is 9.59 Å². The van der Waals surface area contributed by atoms with Gasteiger partial charge in [-0.05, 0) is 75.1 Å². The van der Waals surface area contributed by atoms with Crippen molar-refractivity contribution in [2.75, 3.05) is 47.1 Å². The Labute approximate surface area is 254 Å². The highest BCUT2D eigenvalue weighted by atomic mass is 28.3. The quantitative estimate of drug-likeness (QED) is 0.177. The zero-order chi connectivity index (χ0) is 31.5. The van der Waals surface area contributed by atoms with E-state index in [0.29, 0.717) is 50.5 Å².